The van der Waals surface area contributed by atoms with E-state index in [9.17, 15) is 0 Å². The molecule has 1 saturated heterocycles. The minimum Gasteiger partial charge on any atom is -0.381 e. The maximum atomic E-state index is 5.65. The van der Waals surface area contributed by atoms with Gasteiger partial charge >= 0.3 is 0 Å². The number of hydrogen-bond donors (Lipinski definition) is 0. The van der Waals surface area contributed by atoms with E-state index in [4.69, 9.17) is 4.74 Å². The van der Waals surface area contributed by atoms with Gasteiger partial charge in [0.25, 0.3) is 0 Å². The zero-order chi connectivity index (χ0) is 20.5. The second kappa shape index (κ2) is 7.88. The van der Waals surface area contributed by atoms with E-state index in [1.54, 1.807) is 0 Å². The fourth-order valence-electron chi connectivity index (χ4n) is 4.42. The van der Waals surface area contributed by atoms with Gasteiger partial charge in [-0.1, -0.05) is 29.5 Å². The Labute approximate surface area is 176 Å². The maximum Gasteiger partial charge on any atom is 0.0911 e. The van der Waals surface area contributed by atoms with E-state index in [0.717, 1.165) is 53.9 Å². The van der Waals surface area contributed by atoms with Crippen LogP contribution < -0.4 is 4.90 Å². The number of nitrogens with zero attached hydrogens (tertiary/aromatic N) is 5. The van der Waals surface area contributed by atoms with E-state index in [1.165, 1.54) is 11.4 Å². The van der Waals surface area contributed by atoms with Gasteiger partial charge in [0.1, 0.15) is 0 Å². The molecule has 0 aliphatic carbocycles. The highest BCUT2D eigenvalue weighted by Crippen LogP contribution is 2.37. The highest BCUT2D eigenvalue weighted by atomic mass is 16.5. The number of benzene rings is 2. The number of fused-ring (bicyclic) bond motifs is 1. The number of pyridine rings is 1. The van der Waals surface area contributed by atoms with Crippen LogP contribution in [0.25, 0.3) is 22.2 Å². The summed E-state index contributed by atoms with van der Waals surface area (Å²) in [7, 11) is 1.93. The van der Waals surface area contributed by atoms with Crippen molar-refractivity contribution in [3.63, 3.8) is 0 Å². The molecule has 30 heavy (non-hydrogen) atoms. The third kappa shape index (κ3) is 3.33. The van der Waals surface area contributed by atoms with Gasteiger partial charge in [-0.15, -0.1) is 5.10 Å². The van der Waals surface area contributed by atoms with Gasteiger partial charge in [-0.3, -0.25) is 4.98 Å². The highest BCUT2D eigenvalue weighted by Gasteiger charge is 2.25. The zero-order valence-corrected chi connectivity index (χ0v) is 17.3. The summed E-state index contributed by atoms with van der Waals surface area (Å²) in [4.78, 5) is 7.10. The summed E-state index contributed by atoms with van der Waals surface area (Å²) in [5, 5.41) is 9.53. The molecule has 1 aliphatic rings. The number of para-hydroxylation sites is 1. The Bertz CT molecular complexity index is 1150. The van der Waals surface area contributed by atoms with E-state index in [-0.39, 0.29) is 0 Å². The average molecular weight is 399 g/mol. The van der Waals surface area contributed by atoms with Crippen molar-refractivity contribution in [3.8, 4) is 11.3 Å². The summed E-state index contributed by atoms with van der Waals surface area (Å²) >= 11 is 0. The number of anilines is 2. The summed E-state index contributed by atoms with van der Waals surface area (Å²) in [6.45, 7) is 3.58. The predicted octanol–water partition coefficient (Wildman–Crippen LogP) is 4.66. The van der Waals surface area contributed by atoms with Crippen LogP contribution in [0.4, 0.5) is 11.4 Å². The molecule has 6 nitrogen and oxygen atoms in total. The second-order valence-electron chi connectivity index (χ2n) is 7.76. The molecule has 5 rings (SSSR count). The minimum atomic E-state index is 0.385. The van der Waals surface area contributed by atoms with Gasteiger partial charge in [0.05, 0.1) is 22.6 Å². The van der Waals surface area contributed by atoms with Crippen LogP contribution in [0.15, 0.2) is 60.8 Å². The monoisotopic (exact) mass is 399 g/mol. The van der Waals surface area contributed by atoms with Gasteiger partial charge in [-0.2, -0.15) is 0 Å². The SMILES string of the molecule is Cc1nnn(C)c1-c1ccc2nccc(N(c3ccccc3)C3CCOCC3)c2c1. The number of aromatic nitrogens is 4. The molecule has 4 aromatic rings. The van der Waals surface area contributed by atoms with Crippen LogP contribution in [0.3, 0.4) is 0 Å². The van der Waals surface area contributed by atoms with Crippen LogP contribution in [0.2, 0.25) is 0 Å². The van der Waals surface area contributed by atoms with Gasteiger partial charge in [0, 0.05) is 49.1 Å². The van der Waals surface area contributed by atoms with Gasteiger partial charge in [0.15, 0.2) is 0 Å². The smallest absolute Gasteiger partial charge is 0.0911 e. The highest BCUT2D eigenvalue weighted by molar-refractivity contribution is 5.96. The number of hydrogen-bond acceptors (Lipinski definition) is 5. The molecule has 2 aromatic carbocycles. The van der Waals surface area contributed by atoms with Crippen LogP contribution in [-0.2, 0) is 11.8 Å². The molecule has 2 aromatic heterocycles. The number of ether oxygens (including phenoxy) is 1. The topological polar surface area (TPSA) is 56.1 Å². The van der Waals surface area contributed by atoms with Crippen molar-refractivity contribution in [2.45, 2.75) is 25.8 Å². The molecule has 152 valence electrons. The van der Waals surface area contributed by atoms with Crippen molar-refractivity contribution in [2.24, 2.45) is 7.05 Å². The molecular weight excluding hydrogens is 374 g/mol. The zero-order valence-electron chi connectivity index (χ0n) is 17.3. The summed E-state index contributed by atoms with van der Waals surface area (Å²) in [6, 6.07) is 19.5. The van der Waals surface area contributed by atoms with Crippen molar-refractivity contribution in [3.05, 3.63) is 66.5 Å². The Hall–Kier alpha value is -3.25. The van der Waals surface area contributed by atoms with Gasteiger partial charge in [-0.25, -0.2) is 4.68 Å². The lowest BCUT2D eigenvalue weighted by atomic mass is 10.0. The quantitative estimate of drug-likeness (QED) is 0.500. The lowest BCUT2D eigenvalue weighted by molar-refractivity contribution is 0.0866. The fourth-order valence-corrected chi connectivity index (χ4v) is 4.42. The van der Waals surface area contributed by atoms with E-state index >= 15 is 0 Å². The molecule has 1 fully saturated rings. The Balaban J connectivity index is 1.70. The Morgan fingerprint density at radius 2 is 1.83 bits per heavy atom. The van der Waals surface area contributed by atoms with E-state index in [2.05, 4.69) is 74.8 Å². The molecule has 0 unspecified atom stereocenters. The number of rotatable bonds is 4. The minimum absolute atomic E-state index is 0.385. The van der Waals surface area contributed by atoms with Crippen molar-refractivity contribution >= 4 is 22.3 Å². The Morgan fingerprint density at radius 3 is 2.57 bits per heavy atom. The molecule has 0 spiro atoms. The third-order valence-corrected chi connectivity index (χ3v) is 5.84. The summed E-state index contributed by atoms with van der Waals surface area (Å²) < 4.78 is 7.48. The van der Waals surface area contributed by atoms with Gasteiger partial charge in [0.2, 0.25) is 0 Å². The van der Waals surface area contributed by atoms with Crippen LogP contribution in [0.1, 0.15) is 18.5 Å². The van der Waals surface area contributed by atoms with E-state index in [1.807, 2.05) is 24.9 Å². The van der Waals surface area contributed by atoms with Gasteiger partial charge in [-0.05, 0) is 50.1 Å². The van der Waals surface area contributed by atoms with Crippen molar-refractivity contribution in [2.75, 3.05) is 18.1 Å². The summed E-state index contributed by atoms with van der Waals surface area (Å²) in [5.41, 5.74) is 6.41. The fraction of sp³-hybridized carbons (Fsp3) is 0.292. The second-order valence-corrected chi connectivity index (χ2v) is 7.76. The molecule has 6 heteroatoms. The maximum absolute atomic E-state index is 5.65. The first-order valence-electron chi connectivity index (χ1n) is 10.4. The largest absolute Gasteiger partial charge is 0.381 e. The molecule has 0 saturated carbocycles. The molecule has 0 amide bonds. The number of aryl methyl sites for hydroxylation is 2. The summed E-state index contributed by atoms with van der Waals surface area (Å²) in [6.07, 6.45) is 3.91. The van der Waals surface area contributed by atoms with Crippen LogP contribution in [0, 0.1) is 6.92 Å². The predicted molar refractivity (Wildman–Crippen MR) is 119 cm³/mol. The lowest BCUT2D eigenvalue weighted by Gasteiger charge is -2.36. The standard InChI is InChI=1S/C24H25N5O/c1-17-24(28(2)27-26-17)18-8-9-22-21(16-18)23(10-13-25-22)29(19-6-4-3-5-7-19)20-11-14-30-15-12-20/h3-10,13,16,20H,11-12,14-15H2,1-2H3. The van der Waals surface area contributed by atoms with Gasteiger partial charge < -0.3 is 9.64 Å². The molecule has 3 heterocycles. The van der Waals surface area contributed by atoms with Crippen LogP contribution in [0.5, 0.6) is 0 Å². The summed E-state index contributed by atoms with van der Waals surface area (Å²) in [5.74, 6) is 0. The molecule has 1 aliphatic heterocycles. The molecular formula is C24H25N5O. The van der Waals surface area contributed by atoms with Crippen LogP contribution in [-0.4, -0.2) is 39.2 Å². The molecule has 0 atom stereocenters. The first-order valence-corrected chi connectivity index (χ1v) is 10.4. The molecule has 0 radical (unpaired) electrons. The first kappa shape index (κ1) is 18.8. The van der Waals surface area contributed by atoms with E-state index < -0.39 is 0 Å². The Morgan fingerprint density at radius 1 is 1.03 bits per heavy atom. The third-order valence-electron chi connectivity index (χ3n) is 5.84. The van der Waals surface area contributed by atoms with Crippen molar-refractivity contribution in [1.29, 1.82) is 0 Å². The van der Waals surface area contributed by atoms with E-state index in [0.29, 0.717) is 6.04 Å². The van der Waals surface area contributed by atoms with Crippen molar-refractivity contribution < 1.29 is 4.74 Å². The van der Waals surface area contributed by atoms with Crippen molar-refractivity contribution in [1.82, 2.24) is 20.0 Å². The molecule has 0 bridgehead atoms. The first-order chi connectivity index (χ1) is 14.7. The molecule has 0 N–H and O–H groups in total. The Kier molecular flexibility index (Phi) is 4.93. The lowest BCUT2D eigenvalue weighted by Crippen LogP contribution is -2.36. The average Bonchev–Trinajstić information content (AvgIpc) is 3.13. The van der Waals surface area contributed by atoms with Crippen LogP contribution >= 0.6 is 0 Å². The normalized spacial score (nSPS) is 14.9.